The second kappa shape index (κ2) is 7.62. The lowest BCUT2D eigenvalue weighted by Gasteiger charge is -2.32. The van der Waals surface area contributed by atoms with Gasteiger partial charge in [0.2, 0.25) is 0 Å². The van der Waals surface area contributed by atoms with E-state index in [1.165, 1.54) is 5.56 Å². The van der Waals surface area contributed by atoms with Crippen molar-refractivity contribution in [3.63, 3.8) is 0 Å². The van der Waals surface area contributed by atoms with Crippen molar-refractivity contribution >= 4 is 0 Å². The van der Waals surface area contributed by atoms with Gasteiger partial charge in [0.1, 0.15) is 5.75 Å². The molecule has 1 aromatic carbocycles. The molecule has 4 heteroatoms. The zero-order valence-electron chi connectivity index (χ0n) is 12.8. The molecule has 0 fully saturated rings. The molecule has 0 amide bonds. The number of likely N-dealkylation sites (N-methyl/N-ethyl adjacent to an activating group) is 1. The first-order valence-corrected chi connectivity index (χ1v) is 7.36. The zero-order chi connectivity index (χ0) is 14.4. The molecule has 2 atom stereocenters. The van der Waals surface area contributed by atoms with Gasteiger partial charge in [0.15, 0.2) is 0 Å². The molecule has 2 unspecified atom stereocenters. The van der Waals surface area contributed by atoms with Gasteiger partial charge in [-0.2, -0.15) is 0 Å². The van der Waals surface area contributed by atoms with Crippen LogP contribution in [-0.4, -0.2) is 51.9 Å². The number of benzene rings is 1. The Morgan fingerprint density at radius 2 is 2.10 bits per heavy atom. The summed E-state index contributed by atoms with van der Waals surface area (Å²) in [5.41, 5.74) is 1.26. The Balaban J connectivity index is 1.77. The predicted octanol–water partition coefficient (Wildman–Crippen LogP) is 1.92. The lowest BCUT2D eigenvalue weighted by molar-refractivity contribution is 0.111. The number of hydrogen-bond donors (Lipinski definition) is 1. The van der Waals surface area contributed by atoms with E-state index in [0.29, 0.717) is 12.0 Å². The summed E-state index contributed by atoms with van der Waals surface area (Å²) in [4.78, 5) is 2.13. The van der Waals surface area contributed by atoms with E-state index in [1.54, 1.807) is 0 Å². The van der Waals surface area contributed by atoms with Gasteiger partial charge in [0, 0.05) is 30.6 Å². The van der Waals surface area contributed by atoms with Crippen LogP contribution in [0.25, 0.3) is 0 Å². The summed E-state index contributed by atoms with van der Waals surface area (Å²) in [6, 6.07) is 8.65. The van der Waals surface area contributed by atoms with Crippen molar-refractivity contribution in [1.82, 2.24) is 10.2 Å². The molecular weight excluding hydrogens is 252 g/mol. The van der Waals surface area contributed by atoms with Crippen LogP contribution in [0.5, 0.6) is 5.75 Å². The highest BCUT2D eigenvalue weighted by molar-refractivity contribution is 5.37. The molecule has 1 aliphatic heterocycles. The van der Waals surface area contributed by atoms with Crippen molar-refractivity contribution in [2.45, 2.75) is 13.0 Å². The number of hydrogen-bond acceptors (Lipinski definition) is 4. The van der Waals surface area contributed by atoms with E-state index in [9.17, 15) is 0 Å². The smallest absolute Gasteiger partial charge is 0.124 e. The Labute approximate surface area is 122 Å². The molecule has 2 rings (SSSR count). The van der Waals surface area contributed by atoms with Crippen LogP contribution in [0.2, 0.25) is 0 Å². The minimum atomic E-state index is 0.359. The number of nitrogens with one attached hydrogen (secondary N) is 1. The van der Waals surface area contributed by atoms with E-state index in [-0.39, 0.29) is 0 Å². The van der Waals surface area contributed by atoms with E-state index in [2.05, 4.69) is 43.4 Å². The molecular formula is C16H26N2O2. The fraction of sp³-hybridized carbons (Fsp3) is 0.625. The molecule has 1 N–H and O–H groups in total. The maximum absolute atomic E-state index is 5.76. The van der Waals surface area contributed by atoms with Crippen molar-refractivity contribution in [1.29, 1.82) is 0 Å². The van der Waals surface area contributed by atoms with Crippen LogP contribution in [0.4, 0.5) is 0 Å². The number of fused-ring (bicyclic) bond motifs is 1. The summed E-state index contributed by atoms with van der Waals surface area (Å²) >= 11 is 0. The Kier molecular flexibility index (Phi) is 5.83. The van der Waals surface area contributed by atoms with Crippen molar-refractivity contribution in [2.24, 2.45) is 5.92 Å². The van der Waals surface area contributed by atoms with Gasteiger partial charge in [-0.25, -0.2) is 0 Å². The number of para-hydroxylation sites is 1. The number of nitrogens with zero attached hydrogens (tertiary/aromatic N) is 1. The van der Waals surface area contributed by atoms with Gasteiger partial charge < -0.3 is 19.7 Å². The van der Waals surface area contributed by atoms with Gasteiger partial charge in [0.05, 0.1) is 19.8 Å². The molecule has 0 aromatic heterocycles. The second-order valence-corrected chi connectivity index (χ2v) is 5.67. The van der Waals surface area contributed by atoms with Gasteiger partial charge in [0.25, 0.3) is 0 Å². The van der Waals surface area contributed by atoms with Crippen LogP contribution in [-0.2, 0) is 4.74 Å². The lowest BCUT2D eigenvalue weighted by Crippen LogP contribution is -2.35. The van der Waals surface area contributed by atoms with Gasteiger partial charge >= 0.3 is 0 Å². The van der Waals surface area contributed by atoms with Crippen LogP contribution >= 0.6 is 0 Å². The van der Waals surface area contributed by atoms with Crippen molar-refractivity contribution in [3.8, 4) is 5.75 Å². The summed E-state index contributed by atoms with van der Waals surface area (Å²) in [7, 11) is 4.12. The van der Waals surface area contributed by atoms with Crippen LogP contribution in [0.15, 0.2) is 24.3 Å². The van der Waals surface area contributed by atoms with Gasteiger partial charge in [-0.3, -0.25) is 0 Å². The molecule has 0 aliphatic carbocycles. The Hall–Kier alpha value is -1.10. The highest BCUT2D eigenvalue weighted by Crippen LogP contribution is 2.34. The summed E-state index contributed by atoms with van der Waals surface area (Å²) in [6.45, 7) is 6.37. The van der Waals surface area contributed by atoms with Crippen molar-refractivity contribution < 1.29 is 9.47 Å². The SMILES string of the molecule is CC1COc2ccccc2C1NCCOCCN(C)C. The summed E-state index contributed by atoms with van der Waals surface area (Å²) < 4.78 is 11.4. The molecule has 0 spiro atoms. The third kappa shape index (κ3) is 4.20. The maximum atomic E-state index is 5.76. The van der Waals surface area contributed by atoms with E-state index in [1.807, 2.05) is 12.1 Å². The molecule has 1 aromatic rings. The van der Waals surface area contributed by atoms with Crippen molar-refractivity contribution in [3.05, 3.63) is 29.8 Å². The van der Waals surface area contributed by atoms with E-state index >= 15 is 0 Å². The van der Waals surface area contributed by atoms with Gasteiger partial charge in [-0.1, -0.05) is 25.1 Å². The molecule has 1 aliphatic rings. The average Bonchev–Trinajstić information content (AvgIpc) is 2.44. The molecule has 0 saturated heterocycles. The second-order valence-electron chi connectivity index (χ2n) is 5.67. The normalized spacial score (nSPS) is 21.6. The van der Waals surface area contributed by atoms with E-state index in [0.717, 1.165) is 38.7 Å². The monoisotopic (exact) mass is 278 g/mol. The predicted molar refractivity (Wildman–Crippen MR) is 81.2 cm³/mol. The molecule has 0 saturated carbocycles. The van der Waals surface area contributed by atoms with Crippen LogP contribution in [0, 0.1) is 5.92 Å². The quantitative estimate of drug-likeness (QED) is 0.773. The molecule has 0 bridgehead atoms. The molecule has 0 radical (unpaired) electrons. The average molecular weight is 278 g/mol. The molecule has 112 valence electrons. The topological polar surface area (TPSA) is 33.7 Å². The van der Waals surface area contributed by atoms with Crippen LogP contribution in [0.3, 0.4) is 0 Å². The van der Waals surface area contributed by atoms with E-state index in [4.69, 9.17) is 9.47 Å². The van der Waals surface area contributed by atoms with Crippen molar-refractivity contribution in [2.75, 3.05) is 47.0 Å². The molecule has 4 nitrogen and oxygen atoms in total. The summed E-state index contributed by atoms with van der Waals surface area (Å²) in [5.74, 6) is 1.49. The minimum Gasteiger partial charge on any atom is -0.493 e. The Morgan fingerprint density at radius 3 is 2.90 bits per heavy atom. The maximum Gasteiger partial charge on any atom is 0.124 e. The molecule has 20 heavy (non-hydrogen) atoms. The standard InChI is InChI=1S/C16H26N2O2/c1-13-12-20-15-7-5-4-6-14(15)16(13)17-8-10-19-11-9-18(2)3/h4-7,13,16-17H,8-12H2,1-3H3. The first-order valence-electron chi connectivity index (χ1n) is 7.36. The highest BCUT2D eigenvalue weighted by atomic mass is 16.5. The minimum absolute atomic E-state index is 0.359. The first-order chi connectivity index (χ1) is 9.68. The van der Waals surface area contributed by atoms with Gasteiger partial charge in [-0.15, -0.1) is 0 Å². The summed E-state index contributed by atoms with van der Waals surface area (Å²) in [6.07, 6.45) is 0. The third-order valence-corrected chi connectivity index (χ3v) is 3.62. The number of ether oxygens (including phenoxy) is 2. The van der Waals surface area contributed by atoms with E-state index < -0.39 is 0 Å². The third-order valence-electron chi connectivity index (χ3n) is 3.62. The largest absolute Gasteiger partial charge is 0.493 e. The van der Waals surface area contributed by atoms with Crippen LogP contribution < -0.4 is 10.1 Å². The Bertz CT molecular complexity index is 409. The fourth-order valence-electron chi connectivity index (χ4n) is 2.44. The molecule has 1 heterocycles. The number of rotatable bonds is 7. The summed E-state index contributed by atoms with van der Waals surface area (Å²) in [5, 5.41) is 3.60. The van der Waals surface area contributed by atoms with Gasteiger partial charge in [-0.05, 0) is 20.2 Å². The first kappa shape index (κ1) is 15.3. The highest BCUT2D eigenvalue weighted by Gasteiger charge is 2.26. The zero-order valence-corrected chi connectivity index (χ0v) is 12.8. The lowest BCUT2D eigenvalue weighted by atomic mass is 9.92. The fourth-order valence-corrected chi connectivity index (χ4v) is 2.44. The van der Waals surface area contributed by atoms with Crippen LogP contribution in [0.1, 0.15) is 18.5 Å². The Morgan fingerprint density at radius 1 is 1.30 bits per heavy atom.